The van der Waals surface area contributed by atoms with Crippen LogP contribution in [-0.4, -0.2) is 29.5 Å². The molecule has 0 aliphatic rings. The maximum Gasteiger partial charge on any atom is 0.180 e. The van der Waals surface area contributed by atoms with Crippen LogP contribution in [0.5, 0.6) is 0 Å². The lowest BCUT2D eigenvalue weighted by atomic mass is 10.1. The van der Waals surface area contributed by atoms with Crippen molar-refractivity contribution >= 4 is 16.5 Å². The van der Waals surface area contributed by atoms with Crippen LogP contribution in [0.2, 0.25) is 0 Å². The summed E-state index contributed by atoms with van der Waals surface area (Å²) in [7, 11) is 0. The Kier molecular flexibility index (Phi) is 5.77. The van der Waals surface area contributed by atoms with Gasteiger partial charge in [-0.25, -0.2) is 4.98 Å². The van der Waals surface area contributed by atoms with Crippen molar-refractivity contribution in [3.8, 4) is 0 Å². The lowest BCUT2D eigenvalue weighted by Gasteiger charge is -2.23. The van der Waals surface area contributed by atoms with Crippen molar-refractivity contribution in [2.24, 2.45) is 5.92 Å². The molecule has 1 atom stereocenters. The maximum absolute atomic E-state index is 5.61. The van der Waals surface area contributed by atoms with Crippen LogP contribution in [0, 0.1) is 5.92 Å². The van der Waals surface area contributed by atoms with Gasteiger partial charge in [0.2, 0.25) is 0 Å². The number of nitrogen functional groups attached to an aromatic ring is 1. The number of thiazole rings is 1. The van der Waals surface area contributed by atoms with Crippen LogP contribution >= 0.6 is 11.3 Å². The molecule has 0 amide bonds. The molecule has 0 aliphatic carbocycles. The van der Waals surface area contributed by atoms with Gasteiger partial charge in [0.25, 0.3) is 0 Å². The van der Waals surface area contributed by atoms with Crippen molar-refractivity contribution in [3.05, 3.63) is 11.1 Å². The molecule has 3 nitrogen and oxygen atoms in total. The Balaban J connectivity index is 2.33. The number of rotatable bonds is 7. The van der Waals surface area contributed by atoms with Gasteiger partial charge in [0.15, 0.2) is 5.13 Å². The van der Waals surface area contributed by atoms with E-state index in [4.69, 9.17) is 5.73 Å². The first-order valence-electron chi connectivity index (χ1n) is 6.07. The molecule has 1 aromatic heterocycles. The van der Waals surface area contributed by atoms with E-state index in [1.165, 1.54) is 24.3 Å². The van der Waals surface area contributed by atoms with E-state index in [0.717, 1.165) is 31.1 Å². The predicted molar refractivity (Wildman–Crippen MR) is 71.8 cm³/mol. The molecular weight excluding hydrogens is 218 g/mol. The molecule has 4 heteroatoms. The first kappa shape index (κ1) is 13.5. The Labute approximate surface area is 103 Å². The van der Waals surface area contributed by atoms with E-state index in [1.54, 1.807) is 0 Å². The summed E-state index contributed by atoms with van der Waals surface area (Å²) in [6.45, 7) is 10.2. The van der Waals surface area contributed by atoms with E-state index < -0.39 is 0 Å². The summed E-state index contributed by atoms with van der Waals surface area (Å²) < 4.78 is 0. The van der Waals surface area contributed by atoms with E-state index in [1.807, 2.05) is 0 Å². The highest BCUT2D eigenvalue weighted by molar-refractivity contribution is 7.13. The Hall–Kier alpha value is -0.610. The van der Waals surface area contributed by atoms with Crippen LogP contribution in [0.15, 0.2) is 5.38 Å². The van der Waals surface area contributed by atoms with E-state index in [2.05, 4.69) is 36.0 Å². The highest BCUT2D eigenvalue weighted by Crippen LogP contribution is 2.12. The molecule has 0 saturated heterocycles. The number of hydrogen-bond acceptors (Lipinski definition) is 4. The third-order valence-corrected chi connectivity index (χ3v) is 3.69. The highest BCUT2D eigenvalue weighted by atomic mass is 32.1. The number of aromatic nitrogens is 1. The molecule has 0 bridgehead atoms. The Bertz CT molecular complexity index is 298. The molecule has 2 N–H and O–H groups in total. The summed E-state index contributed by atoms with van der Waals surface area (Å²) in [6, 6.07) is 0. The molecule has 0 fully saturated rings. The van der Waals surface area contributed by atoms with Gasteiger partial charge in [-0.1, -0.05) is 27.2 Å². The monoisotopic (exact) mass is 241 g/mol. The van der Waals surface area contributed by atoms with Gasteiger partial charge in [0.1, 0.15) is 0 Å². The Morgan fingerprint density at radius 2 is 2.25 bits per heavy atom. The zero-order chi connectivity index (χ0) is 12.0. The highest BCUT2D eigenvalue weighted by Gasteiger charge is 2.08. The summed E-state index contributed by atoms with van der Waals surface area (Å²) in [5, 5.41) is 2.74. The number of nitrogens with zero attached hydrogens (tertiary/aromatic N) is 2. The zero-order valence-electron chi connectivity index (χ0n) is 10.6. The summed E-state index contributed by atoms with van der Waals surface area (Å²) in [6.07, 6.45) is 2.26. The number of nitrogens with two attached hydrogens (primary N) is 1. The fourth-order valence-corrected chi connectivity index (χ4v) is 2.26. The standard InChI is InChI=1S/C12H23N3S/c1-4-10(3)8-15(5-2)7-6-11-9-16-12(13)14-11/h9-10H,4-8H2,1-3H3,(H2,13,14). The zero-order valence-corrected chi connectivity index (χ0v) is 11.4. The van der Waals surface area contributed by atoms with Crippen LogP contribution < -0.4 is 5.73 Å². The van der Waals surface area contributed by atoms with Gasteiger partial charge in [0, 0.05) is 24.9 Å². The molecule has 1 unspecified atom stereocenters. The van der Waals surface area contributed by atoms with E-state index >= 15 is 0 Å². The van der Waals surface area contributed by atoms with Crippen molar-refractivity contribution in [1.82, 2.24) is 9.88 Å². The normalized spacial score (nSPS) is 13.2. The quantitative estimate of drug-likeness (QED) is 0.798. The number of hydrogen-bond donors (Lipinski definition) is 1. The lowest BCUT2D eigenvalue weighted by Crippen LogP contribution is -2.30. The minimum absolute atomic E-state index is 0.681. The summed E-state index contributed by atoms with van der Waals surface area (Å²) in [5.41, 5.74) is 6.74. The predicted octanol–water partition coefficient (Wildman–Crippen LogP) is 2.64. The molecule has 0 radical (unpaired) electrons. The molecule has 0 aliphatic heterocycles. The van der Waals surface area contributed by atoms with Gasteiger partial charge in [-0.05, 0) is 12.5 Å². The molecule has 0 aromatic carbocycles. The first-order chi connectivity index (χ1) is 7.65. The van der Waals surface area contributed by atoms with E-state index in [-0.39, 0.29) is 0 Å². The van der Waals surface area contributed by atoms with Crippen molar-refractivity contribution in [3.63, 3.8) is 0 Å². The second kappa shape index (κ2) is 6.86. The number of anilines is 1. The summed E-state index contributed by atoms with van der Waals surface area (Å²) >= 11 is 1.53. The lowest BCUT2D eigenvalue weighted by molar-refractivity contribution is 0.248. The van der Waals surface area contributed by atoms with Gasteiger partial charge >= 0.3 is 0 Å². The van der Waals surface area contributed by atoms with Crippen LogP contribution in [0.1, 0.15) is 32.9 Å². The average molecular weight is 241 g/mol. The van der Waals surface area contributed by atoms with E-state index in [9.17, 15) is 0 Å². The molecular formula is C12H23N3S. The third kappa shape index (κ3) is 4.49. The van der Waals surface area contributed by atoms with Gasteiger partial charge in [-0.15, -0.1) is 11.3 Å². The second-order valence-electron chi connectivity index (χ2n) is 4.33. The molecule has 16 heavy (non-hydrogen) atoms. The van der Waals surface area contributed by atoms with Gasteiger partial charge in [0.05, 0.1) is 5.69 Å². The minimum atomic E-state index is 0.681. The van der Waals surface area contributed by atoms with E-state index in [0.29, 0.717) is 5.13 Å². The molecule has 0 saturated carbocycles. The van der Waals surface area contributed by atoms with Crippen molar-refractivity contribution in [2.75, 3.05) is 25.4 Å². The topological polar surface area (TPSA) is 42.1 Å². The van der Waals surface area contributed by atoms with Gasteiger partial charge in [-0.2, -0.15) is 0 Å². The van der Waals surface area contributed by atoms with Crippen LogP contribution in [-0.2, 0) is 6.42 Å². The van der Waals surface area contributed by atoms with Crippen molar-refractivity contribution in [1.29, 1.82) is 0 Å². The summed E-state index contributed by atoms with van der Waals surface area (Å²) in [5.74, 6) is 0.778. The third-order valence-electron chi connectivity index (χ3n) is 2.97. The van der Waals surface area contributed by atoms with Crippen LogP contribution in [0.3, 0.4) is 0 Å². The average Bonchev–Trinajstić information content (AvgIpc) is 2.69. The molecule has 1 aromatic rings. The minimum Gasteiger partial charge on any atom is -0.375 e. The smallest absolute Gasteiger partial charge is 0.180 e. The Morgan fingerprint density at radius 1 is 1.50 bits per heavy atom. The van der Waals surface area contributed by atoms with Crippen LogP contribution in [0.4, 0.5) is 5.13 Å². The SMILES string of the molecule is CCC(C)CN(CC)CCc1csc(N)n1. The second-order valence-corrected chi connectivity index (χ2v) is 5.22. The van der Waals surface area contributed by atoms with Gasteiger partial charge in [-0.3, -0.25) is 0 Å². The van der Waals surface area contributed by atoms with Crippen LogP contribution in [0.25, 0.3) is 0 Å². The first-order valence-corrected chi connectivity index (χ1v) is 6.95. The van der Waals surface area contributed by atoms with Crippen molar-refractivity contribution < 1.29 is 0 Å². The Morgan fingerprint density at radius 3 is 2.75 bits per heavy atom. The molecule has 92 valence electrons. The molecule has 1 heterocycles. The maximum atomic E-state index is 5.61. The fraction of sp³-hybridized carbons (Fsp3) is 0.750. The largest absolute Gasteiger partial charge is 0.375 e. The molecule has 1 rings (SSSR count). The summed E-state index contributed by atoms with van der Waals surface area (Å²) in [4.78, 5) is 6.78. The fourth-order valence-electron chi connectivity index (χ4n) is 1.66. The molecule has 0 spiro atoms. The number of likely N-dealkylation sites (N-methyl/N-ethyl adjacent to an activating group) is 1. The van der Waals surface area contributed by atoms with Gasteiger partial charge < -0.3 is 10.6 Å². The van der Waals surface area contributed by atoms with Crippen molar-refractivity contribution in [2.45, 2.75) is 33.6 Å².